The highest BCUT2D eigenvalue weighted by Crippen LogP contribution is 2.21. The highest BCUT2D eigenvalue weighted by Gasteiger charge is 2.26. The van der Waals surface area contributed by atoms with Crippen LogP contribution in [0.25, 0.3) is 0 Å². The quantitative estimate of drug-likeness (QED) is 0.823. The van der Waals surface area contributed by atoms with Crippen molar-refractivity contribution < 1.29 is 9.90 Å². The van der Waals surface area contributed by atoms with Gasteiger partial charge in [0.1, 0.15) is 0 Å². The smallest absolute Gasteiger partial charge is 0.306 e. The predicted octanol–water partition coefficient (Wildman–Crippen LogP) is 0.390. The summed E-state index contributed by atoms with van der Waals surface area (Å²) in [5, 5.41) is 8.95. The minimum absolute atomic E-state index is 0.0853. The average molecular weight is 251 g/mol. The van der Waals surface area contributed by atoms with Gasteiger partial charge < -0.3 is 10.0 Å². The molecule has 0 bridgehead atoms. The first-order chi connectivity index (χ1) is 8.49. The number of aryl methyl sites for hydroxylation is 1. The Labute approximate surface area is 105 Å². The standard InChI is InChI=1S/C12H17N3O3/c1-8-7-10(16)14(2)12(13-8)15-5-3-9(4-6-15)11(17)18/h7,9H,3-6H2,1-2H3,(H,17,18). The van der Waals surface area contributed by atoms with Gasteiger partial charge in [-0.2, -0.15) is 0 Å². The molecule has 1 saturated heterocycles. The number of hydrogen-bond acceptors (Lipinski definition) is 4. The first-order valence-electron chi connectivity index (χ1n) is 6.01. The van der Waals surface area contributed by atoms with Crippen molar-refractivity contribution in [2.24, 2.45) is 13.0 Å². The Morgan fingerprint density at radius 2 is 2.06 bits per heavy atom. The minimum atomic E-state index is -0.735. The molecular formula is C12H17N3O3. The second-order valence-electron chi connectivity index (χ2n) is 4.69. The number of carbonyl (C=O) groups is 1. The molecule has 0 unspecified atom stereocenters. The lowest BCUT2D eigenvalue weighted by atomic mass is 9.97. The first-order valence-corrected chi connectivity index (χ1v) is 6.01. The van der Waals surface area contributed by atoms with Crippen LogP contribution in [0.2, 0.25) is 0 Å². The Balaban J connectivity index is 2.20. The number of nitrogens with zero attached hydrogens (tertiary/aromatic N) is 3. The van der Waals surface area contributed by atoms with E-state index in [4.69, 9.17) is 5.11 Å². The second-order valence-corrected chi connectivity index (χ2v) is 4.69. The lowest BCUT2D eigenvalue weighted by molar-refractivity contribution is -0.142. The lowest BCUT2D eigenvalue weighted by Crippen LogP contribution is -2.39. The average Bonchev–Trinajstić information content (AvgIpc) is 2.34. The van der Waals surface area contributed by atoms with Crippen molar-refractivity contribution in [2.75, 3.05) is 18.0 Å². The Morgan fingerprint density at radius 1 is 1.44 bits per heavy atom. The van der Waals surface area contributed by atoms with E-state index < -0.39 is 5.97 Å². The molecule has 1 aromatic heterocycles. The first kappa shape index (κ1) is 12.6. The summed E-state index contributed by atoms with van der Waals surface area (Å²) < 4.78 is 1.51. The highest BCUT2D eigenvalue weighted by atomic mass is 16.4. The van der Waals surface area contributed by atoms with Crippen LogP contribution in [0.5, 0.6) is 0 Å². The van der Waals surface area contributed by atoms with E-state index in [1.165, 1.54) is 10.6 Å². The summed E-state index contributed by atoms with van der Waals surface area (Å²) in [5.41, 5.74) is 0.603. The van der Waals surface area contributed by atoms with Crippen molar-refractivity contribution in [2.45, 2.75) is 19.8 Å². The molecule has 0 aliphatic carbocycles. The normalized spacial score (nSPS) is 16.9. The maximum Gasteiger partial charge on any atom is 0.306 e. The van der Waals surface area contributed by atoms with Crippen LogP contribution in [-0.2, 0) is 11.8 Å². The van der Waals surface area contributed by atoms with Crippen LogP contribution in [0.4, 0.5) is 5.95 Å². The number of carboxylic acid groups (broad SMARTS) is 1. The molecule has 1 aliphatic rings. The Kier molecular flexibility index (Phi) is 3.36. The Bertz CT molecular complexity index is 516. The monoisotopic (exact) mass is 251 g/mol. The van der Waals surface area contributed by atoms with Crippen LogP contribution in [0.3, 0.4) is 0 Å². The fourth-order valence-electron chi connectivity index (χ4n) is 2.25. The van der Waals surface area contributed by atoms with Gasteiger partial charge in [0.05, 0.1) is 5.92 Å². The van der Waals surface area contributed by atoms with Crippen LogP contribution in [0.1, 0.15) is 18.5 Å². The summed E-state index contributed by atoms with van der Waals surface area (Å²) in [7, 11) is 1.69. The largest absolute Gasteiger partial charge is 0.481 e. The second kappa shape index (κ2) is 4.80. The zero-order valence-corrected chi connectivity index (χ0v) is 10.6. The molecule has 6 nitrogen and oxygen atoms in total. The molecule has 1 N–H and O–H groups in total. The van der Waals surface area contributed by atoms with E-state index in [1.54, 1.807) is 14.0 Å². The molecule has 2 heterocycles. The molecule has 0 aromatic carbocycles. The Morgan fingerprint density at radius 3 is 2.61 bits per heavy atom. The van der Waals surface area contributed by atoms with Crippen LogP contribution in [-0.4, -0.2) is 33.7 Å². The number of hydrogen-bond donors (Lipinski definition) is 1. The molecule has 0 amide bonds. The summed E-state index contributed by atoms with van der Waals surface area (Å²) in [6, 6.07) is 1.49. The number of aromatic nitrogens is 2. The minimum Gasteiger partial charge on any atom is -0.481 e. The molecule has 1 fully saturated rings. The zero-order valence-electron chi connectivity index (χ0n) is 10.6. The number of aliphatic carboxylic acids is 1. The van der Waals surface area contributed by atoms with E-state index in [1.807, 2.05) is 4.90 Å². The summed E-state index contributed by atoms with van der Waals surface area (Å²) in [5.74, 6) is -0.382. The molecule has 6 heteroatoms. The Hall–Kier alpha value is -1.85. The molecular weight excluding hydrogens is 234 g/mol. The van der Waals surface area contributed by atoms with Gasteiger partial charge in [0.15, 0.2) is 0 Å². The fraction of sp³-hybridized carbons (Fsp3) is 0.583. The van der Waals surface area contributed by atoms with Crippen molar-refractivity contribution in [1.82, 2.24) is 9.55 Å². The van der Waals surface area contributed by atoms with Gasteiger partial charge in [-0.3, -0.25) is 14.2 Å². The van der Waals surface area contributed by atoms with Gasteiger partial charge in [-0.05, 0) is 19.8 Å². The number of carboxylic acids is 1. The van der Waals surface area contributed by atoms with E-state index in [-0.39, 0.29) is 11.5 Å². The summed E-state index contributed by atoms with van der Waals surface area (Å²) in [4.78, 5) is 28.9. The highest BCUT2D eigenvalue weighted by molar-refractivity contribution is 5.70. The number of anilines is 1. The molecule has 1 aromatic rings. The van der Waals surface area contributed by atoms with Crippen LogP contribution >= 0.6 is 0 Å². The van der Waals surface area contributed by atoms with Gasteiger partial charge in [-0.25, -0.2) is 4.98 Å². The van der Waals surface area contributed by atoms with Crippen molar-refractivity contribution in [1.29, 1.82) is 0 Å². The van der Waals surface area contributed by atoms with Crippen molar-refractivity contribution in [3.8, 4) is 0 Å². The van der Waals surface area contributed by atoms with E-state index in [2.05, 4.69) is 4.98 Å². The summed E-state index contributed by atoms with van der Waals surface area (Å²) in [6.45, 7) is 3.04. The number of piperidine rings is 1. The van der Waals surface area contributed by atoms with Gasteiger partial charge >= 0.3 is 5.97 Å². The molecule has 0 atom stereocenters. The maximum atomic E-state index is 11.7. The van der Waals surface area contributed by atoms with E-state index in [0.717, 1.165) is 0 Å². The molecule has 0 saturated carbocycles. The van der Waals surface area contributed by atoms with E-state index in [0.29, 0.717) is 37.6 Å². The van der Waals surface area contributed by atoms with Crippen molar-refractivity contribution in [3.63, 3.8) is 0 Å². The van der Waals surface area contributed by atoms with Gasteiger partial charge in [0.2, 0.25) is 5.95 Å². The van der Waals surface area contributed by atoms with Crippen LogP contribution in [0.15, 0.2) is 10.9 Å². The topological polar surface area (TPSA) is 75.4 Å². The molecule has 2 rings (SSSR count). The van der Waals surface area contributed by atoms with Gasteiger partial charge in [-0.15, -0.1) is 0 Å². The summed E-state index contributed by atoms with van der Waals surface area (Å²) in [6.07, 6.45) is 1.19. The molecule has 0 radical (unpaired) electrons. The van der Waals surface area contributed by atoms with Crippen molar-refractivity contribution in [3.05, 3.63) is 22.1 Å². The van der Waals surface area contributed by atoms with Crippen LogP contribution < -0.4 is 10.5 Å². The molecule has 1 aliphatic heterocycles. The van der Waals surface area contributed by atoms with Crippen LogP contribution in [0, 0.1) is 12.8 Å². The zero-order chi connectivity index (χ0) is 13.3. The third-order valence-electron chi connectivity index (χ3n) is 3.37. The third-order valence-corrected chi connectivity index (χ3v) is 3.37. The summed E-state index contributed by atoms with van der Waals surface area (Å²) >= 11 is 0. The van der Waals surface area contributed by atoms with Gasteiger partial charge in [0.25, 0.3) is 5.56 Å². The fourth-order valence-corrected chi connectivity index (χ4v) is 2.25. The molecule has 18 heavy (non-hydrogen) atoms. The van der Waals surface area contributed by atoms with Crippen molar-refractivity contribution >= 4 is 11.9 Å². The maximum absolute atomic E-state index is 11.7. The SMILES string of the molecule is Cc1cc(=O)n(C)c(N2CCC(C(=O)O)CC2)n1. The van der Waals surface area contributed by atoms with Gasteiger partial charge in [0, 0.05) is 31.9 Å². The lowest BCUT2D eigenvalue weighted by Gasteiger charge is -2.31. The predicted molar refractivity (Wildman–Crippen MR) is 66.8 cm³/mol. The number of rotatable bonds is 2. The van der Waals surface area contributed by atoms with Gasteiger partial charge in [-0.1, -0.05) is 0 Å². The third kappa shape index (κ3) is 2.37. The van der Waals surface area contributed by atoms with E-state index >= 15 is 0 Å². The molecule has 98 valence electrons. The van der Waals surface area contributed by atoms with E-state index in [9.17, 15) is 9.59 Å². The molecule has 0 spiro atoms.